The number of hydrogen-bond donors (Lipinski definition) is 1. The molecule has 108 valence electrons. The highest BCUT2D eigenvalue weighted by Crippen LogP contribution is 2.20. The predicted octanol–water partition coefficient (Wildman–Crippen LogP) is 2.24. The van der Waals surface area contributed by atoms with Crippen LogP contribution < -0.4 is 5.32 Å². The van der Waals surface area contributed by atoms with E-state index in [1.807, 2.05) is 33.9 Å². The summed E-state index contributed by atoms with van der Waals surface area (Å²) in [7, 11) is 0.0936. The normalized spacial score (nSPS) is 14.1. The first-order valence-electron chi connectivity index (χ1n) is 6.52. The summed E-state index contributed by atoms with van der Waals surface area (Å²) in [5.41, 5.74) is 0.974. The number of nitrogens with one attached hydrogen (secondary N) is 1. The van der Waals surface area contributed by atoms with Crippen molar-refractivity contribution in [2.75, 3.05) is 20.6 Å². The van der Waals surface area contributed by atoms with Gasteiger partial charge in [0.25, 0.3) is 0 Å². The third-order valence-electron chi connectivity index (χ3n) is 3.12. The van der Waals surface area contributed by atoms with Crippen molar-refractivity contribution in [2.45, 2.75) is 31.7 Å². The molecule has 0 fully saturated rings. The summed E-state index contributed by atoms with van der Waals surface area (Å²) in [4.78, 5) is 0.357. The summed E-state index contributed by atoms with van der Waals surface area (Å²) in [5, 5.41) is 3.11. The average Bonchev–Trinajstić information content (AvgIpc) is 2.37. The molecule has 19 heavy (non-hydrogen) atoms. The molecule has 0 aliphatic heterocycles. The van der Waals surface area contributed by atoms with Crippen LogP contribution in [0.25, 0.3) is 0 Å². The molecule has 1 aromatic rings. The molecule has 0 aliphatic rings. The van der Waals surface area contributed by atoms with Crippen molar-refractivity contribution >= 4 is 10.0 Å². The smallest absolute Gasteiger partial charge is 0.242 e. The second kappa shape index (κ2) is 6.50. The van der Waals surface area contributed by atoms with Crippen LogP contribution in [0.15, 0.2) is 29.2 Å². The first-order chi connectivity index (χ1) is 8.78. The molecule has 0 saturated heterocycles. The molecule has 0 aromatic heterocycles. The van der Waals surface area contributed by atoms with Crippen LogP contribution in [0.2, 0.25) is 0 Å². The Morgan fingerprint density at radius 2 is 1.89 bits per heavy atom. The minimum atomic E-state index is -3.39. The molecule has 0 amide bonds. The lowest BCUT2D eigenvalue weighted by atomic mass is 10.1. The van der Waals surface area contributed by atoms with Crippen LogP contribution in [0, 0.1) is 5.92 Å². The van der Waals surface area contributed by atoms with E-state index in [-0.39, 0.29) is 6.04 Å². The first-order valence-corrected chi connectivity index (χ1v) is 7.96. The summed E-state index contributed by atoms with van der Waals surface area (Å²) in [5.74, 6) is 0.305. The molecule has 0 bridgehead atoms. The van der Waals surface area contributed by atoms with Gasteiger partial charge in [0.15, 0.2) is 0 Å². The zero-order chi connectivity index (χ0) is 14.6. The summed E-state index contributed by atoms with van der Waals surface area (Å²) >= 11 is 0. The van der Waals surface area contributed by atoms with E-state index in [9.17, 15) is 8.42 Å². The van der Waals surface area contributed by atoms with Crippen molar-refractivity contribution < 1.29 is 8.42 Å². The molecular weight excluding hydrogens is 260 g/mol. The Morgan fingerprint density at radius 3 is 2.42 bits per heavy atom. The molecule has 1 N–H and O–H groups in total. The quantitative estimate of drug-likeness (QED) is 0.871. The zero-order valence-electron chi connectivity index (χ0n) is 12.3. The molecule has 0 radical (unpaired) electrons. The Balaban J connectivity index is 3.08. The number of benzene rings is 1. The Hall–Kier alpha value is -0.910. The highest BCUT2D eigenvalue weighted by molar-refractivity contribution is 7.89. The predicted molar refractivity (Wildman–Crippen MR) is 78.6 cm³/mol. The van der Waals surface area contributed by atoms with Crippen LogP contribution in [0.4, 0.5) is 0 Å². The van der Waals surface area contributed by atoms with E-state index in [1.54, 1.807) is 25.2 Å². The Kier molecular flexibility index (Phi) is 5.52. The van der Waals surface area contributed by atoms with Gasteiger partial charge in [0.05, 0.1) is 4.90 Å². The van der Waals surface area contributed by atoms with Crippen LogP contribution in [-0.2, 0) is 10.0 Å². The molecule has 0 heterocycles. The second-order valence-electron chi connectivity index (χ2n) is 5.26. The molecule has 1 unspecified atom stereocenters. The fraction of sp³-hybridized carbons (Fsp3) is 0.571. The maximum absolute atomic E-state index is 12.4. The van der Waals surface area contributed by atoms with E-state index < -0.39 is 10.0 Å². The van der Waals surface area contributed by atoms with E-state index in [4.69, 9.17) is 0 Å². The van der Waals surface area contributed by atoms with Gasteiger partial charge >= 0.3 is 0 Å². The maximum Gasteiger partial charge on any atom is 0.242 e. The van der Waals surface area contributed by atoms with Crippen LogP contribution in [0.3, 0.4) is 0 Å². The van der Waals surface area contributed by atoms with E-state index in [0.29, 0.717) is 17.4 Å². The summed E-state index contributed by atoms with van der Waals surface area (Å²) in [6.07, 6.45) is 0. The summed E-state index contributed by atoms with van der Waals surface area (Å²) in [6.45, 7) is 6.54. The van der Waals surface area contributed by atoms with Gasteiger partial charge in [-0.3, -0.25) is 0 Å². The van der Waals surface area contributed by atoms with Crippen molar-refractivity contribution in [2.24, 2.45) is 5.92 Å². The average molecular weight is 284 g/mol. The zero-order valence-corrected chi connectivity index (χ0v) is 13.2. The number of hydrogen-bond acceptors (Lipinski definition) is 3. The molecule has 1 atom stereocenters. The minimum Gasteiger partial charge on any atom is -0.313 e. The molecule has 0 spiro atoms. The van der Waals surface area contributed by atoms with Crippen LogP contribution in [0.5, 0.6) is 0 Å². The topological polar surface area (TPSA) is 49.4 Å². The lowest BCUT2D eigenvalue weighted by Crippen LogP contribution is -2.30. The number of rotatable bonds is 6. The van der Waals surface area contributed by atoms with Gasteiger partial charge in [0, 0.05) is 19.6 Å². The van der Waals surface area contributed by atoms with Crippen LogP contribution in [-0.4, -0.2) is 33.4 Å². The Morgan fingerprint density at radius 1 is 1.26 bits per heavy atom. The Labute approximate surface area is 116 Å². The SMILES string of the molecule is CNC(C)c1cccc(S(=O)(=O)N(C)CC(C)C)c1. The fourth-order valence-electron chi connectivity index (χ4n) is 1.90. The standard InChI is InChI=1S/C14H24N2O2S/c1-11(2)10-16(5)19(17,18)14-8-6-7-13(9-14)12(3)15-4/h6-9,11-12,15H,10H2,1-5H3. The number of nitrogens with zero attached hydrogens (tertiary/aromatic N) is 1. The molecule has 0 saturated carbocycles. The molecule has 1 rings (SSSR count). The second-order valence-corrected chi connectivity index (χ2v) is 7.31. The highest BCUT2D eigenvalue weighted by Gasteiger charge is 2.21. The lowest BCUT2D eigenvalue weighted by Gasteiger charge is -2.20. The molecule has 5 heteroatoms. The minimum absolute atomic E-state index is 0.130. The van der Waals surface area contributed by atoms with Crippen molar-refractivity contribution in [3.05, 3.63) is 29.8 Å². The Bertz CT molecular complexity index is 512. The van der Waals surface area contributed by atoms with Crippen molar-refractivity contribution in [1.29, 1.82) is 0 Å². The van der Waals surface area contributed by atoms with Crippen molar-refractivity contribution in [3.63, 3.8) is 0 Å². The molecule has 0 aliphatic carbocycles. The first kappa shape index (κ1) is 16.1. The van der Waals surface area contributed by atoms with Gasteiger partial charge in [-0.05, 0) is 37.6 Å². The summed E-state index contributed by atoms with van der Waals surface area (Å²) in [6, 6.07) is 7.25. The lowest BCUT2D eigenvalue weighted by molar-refractivity contribution is 0.417. The van der Waals surface area contributed by atoms with Gasteiger partial charge in [-0.1, -0.05) is 26.0 Å². The largest absolute Gasteiger partial charge is 0.313 e. The van der Waals surface area contributed by atoms with Crippen molar-refractivity contribution in [1.82, 2.24) is 9.62 Å². The molecular formula is C14H24N2O2S. The van der Waals surface area contributed by atoms with Gasteiger partial charge < -0.3 is 5.32 Å². The monoisotopic (exact) mass is 284 g/mol. The summed E-state index contributed by atoms with van der Waals surface area (Å²) < 4.78 is 26.3. The van der Waals surface area contributed by atoms with E-state index in [2.05, 4.69) is 5.32 Å². The third kappa shape index (κ3) is 4.03. The van der Waals surface area contributed by atoms with Gasteiger partial charge in [-0.25, -0.2) is 12.7 Å². The van der Waals surface area contributed by atoms with Gasteiger partial charge in [0.2, 0.25) is 10.0 Å². The van der Waals surface area contributed by atoms with Gasteiger partial charge in [-0.15, -0.1) is 0 Å². The third-order valence-corrected chi connectivity index (χ3v) is 4.94. The van der Waals surface area contributed by atoms with Gasteiger partial charge in [0.1, 0.15) is 0 Å². The molecule has 1 aromatic carbocycles. The fourth-order valence-corrected chi connectivity index (χ4v) is 3.29. The number of sulfonamides is 1. The molecule has 4 nitrogen and oxygen atoms in total. The van der Waals surface area contributed by atoms with E-state index in [1.165, 1.54) is 4.31 Å². The maximum atomic E-state index is 12.4. The van der Waals surface area contributed by atoms with Crippen LogP contribution in [0.1, 0.15) is 32.4 Å². The van der Waals surface area contributed by atoms with Gasteiger partial charge in [-0.2, -0.15) is 0 Å². The highest BCUT2D eigenvalue weighted by atomic mass is 32.2. The van der Waals surface area contributed by atoms with E-state index in [0.717, 1.165) is 5.56 Å². The van der Waals surface area contributed by atoms with E-state index >= 15 is 0 Å². The van der Waals surface area contributed by atoms with Crippen molar-refractivity contribution in [3.8, 4) is 0 Å². The van der Waals surface area contributed by atoms with Crippen LogP contribution >= 0.6 is 0 Å².